The van der Waals surface area contributed by atoms with Gasteiger partial charge in [-0.1, -0.05) is 16.8 Å². The topological polar surface area (TPSA) is 180 Å². The molecule has 15 heteroatoms. The molecule has 0 unspecified atom stereocenters. The Hall–Kier alpha value is -3.36. The monoisotopic (exact) mass is 523 g/mol. The molecule has 0 radical (unpaired) electrons. The van der Waals surface area contributed by atoms with Gasteiger partial charge < -0.3 is 31.5 Å². The number of oxime groups is 1. The number of aromatic nitrogens is 2. The van der Waals surface area contributed by atoms with Crippen LogP contribution in [0.2, 0.25) is 5.02 Å². The van der Waals surface area contributed by atoms with E-state index in [1.54, 1.807) is 23.0 Å². The highest BCUT2D eigenvalue weighted by Crippen LogP contribution is 2.40. The Kier molecular flexibility index (Phi) is 6.63. The zero-order valence-electron chi connectivity index (χ0n) is 17.6. The molecule has 2 aliphatic heterocycles. The average molecular weight is 524 g/mol. The Morgan fingerprint density at radius 2 is 2.24 bits per heavy atom. The number of nitrogens with one attached hydrogen (secondary N) is 1. The van der Waals surface area contributed by atoms with Crippen LogP contribution in [0.15, 0.2) is 40.3 Å². The third-order valence-electron chi connectivity index (χ3n) is 5.06. The Balaban J connectivity index is 1.54. The number of carbonyl (C=O) groups is 3. The van der Waals surface area contributed by atoms with Gasteiger partial charge in [0.05, 0.1) is 16.7 Å². The van der Waals surface area contributed by atoms with Gasteiger partial charge in [-0.05, 0) is 0 Å². The summed E-state index contributed by atoms with van der Waals surface area (Å²) in [5, 5.41) is 19.7. The maximum Gasteiger partial charge on any atom is 0.276 e. The summed E-state index contributed by atoms with van der Waals surface area (Å²) in [6.45, 7) is 0.168. The predicted molar refractivity (Wildman–Crippen MR) is 123 cm³/mol. The molecule has 2 aliphatic rings. The van der Waals surface area contributed by atoms with Gasteiger partial charge in [0.25, 0.3) is 11.8 Å². The number of thioether (sulfide) groups is 1. The summed E-state index contributed by atoms with van der Waals surface area (Å²) in [4.78, 5) is 47.5. The smallest absolute Gasteiger partial charge is 0.276 e. The van der Waals surface area contributed by atoms with Crippen LogP contribution in [0, 0.1) is 0 Å². The van der Waals surface area contributed by atoms with Gasteiger partial charge in [-0.15, -0.1) is 23.1 Å². The number of nitrogens with zero attached hydrogens (tertiary/aromatic N) is 4. The van der Waals surface area contributed by atoms with E-state index in [1.807, 2.05) is 0 Å². The van der Waals surface area contributed by atoms with E-state index in [0.717, 1.165) is 16.2 Å². The number of β-lactam (4-membered cyclic amide) rings is 1. The second kappa shape index (κ2) is 9.48. The number of fused-ring (bicyclic) bond motifs is 1. The summed E-state index contributed by atoms with van der Waals surface area (Å²) in [5.41, 5.74) is 12.1. The average Bonchev–Trinajstić information content (AvgIpc) is 3.23. The number of rotatable bonds is 7. The minimum Gasteiger partial charge on any atom is -0.543 e. The number of nitrogens with two attached hydrogens (primary N) is 2. The number of anilines is 2. The second-order valence-corrected chi connectivity index (χ2v) is 9.62. The molecule has 5 N–H and O–H groups in total. The normalized spacial score (nSPS) is 20.0. The molecule has 2 atom stereocenters. The van der Waals surface area contributed by atoms with Crippen LogP contribution in [0.1, 0.15) is 5.69 Å². The fourth-order valence-corrected chi connectivity index (χ4v) is 5.54. The zero-order chi connectivity index (χ0) is 24.6. The first kappa shape index (κ1) is 23.8. The third kappa shape index (κ3) is 4.38. The Morgan fingerprint density at radius 1 is 1.47 bits per heavy atom. The Bertz CT molecular complexity index is 1250. The highest BCUT2D eigenvalue weighted by atomic mass is 35.5. The van der Waals surface area contributed by atoms with Crippen molar-refractivity contribution < 1.29 is 28.9 Å². The van der Waals surface area contributed by atoms with Crippen LogP contribution in [0.25, 0.3) is 0 Å². The summed E-state index contributed by atoms with van der Waals surface area (Å²) >= 11 is 8.37. The number of nitrogen functional groups attached to an aromatic ring is 2. The fourth-order valence-electron chi connectivity index (χ4n) is 3.55. The molecule has 2 aromatic heterocycles. The lowest BCUT2D eigenvalue weighted by Crippen LogP contribution is -2.71. The molecule has 4 rings (SSSR count). The summed E-state index contributed by atoms with van der Waals surface area (Å²) < 4.78 is 1.66. The lowest BCUT2D eigenvalue weighted by molar-refractivity contribution is -0.688. The van der Waals surface area contributed by atoms with Crippen molar-refractivity contribution in [3.05, 3.63) is 45.8 Å². The van der Waals surface area contributed by atoms with Crippen LogP contribution in [0.3, 0.4) is 0 Å². The molecule has 178 valence electrons. The molecule has 4 heterocycles. The van der Waals surface area contributed by atoms with E-state index in [0.29, 0.717) is 22.0 Å². The molecule has 0 saturated carbocycles. The van der Waals surface area contributed by atoms with E-state index in [1.165, 1.54) is 24.3 Å². The number of hydrogen-bond acceptors (Lipinski definition) is 11. The van der Waals surface area contributed by atoms with E-state index < -0.39 is 29.2 Å². The van der Waals surface area contributed by atoms with Gasteiger partial charge in [0.1, 0.15) is 29.9 Å². The molecule has 2 aromatic rings. The maximum absolute atomic E-state index is 12.9. The zero-order valence-corrected chi connectivity index (χ0v) is 19.9. The minimum atomic E-state index is -1.49. The van der Waals surface area contributed by atoms with Gasteiger partial charge in [0, 0.05) is 22.8 Å². The first-order valence-corrected chi connectivity index (χ1v) is 12.0. The van der Waals surface area contributed by atoms with Crippen molar-refractivity contribution in [2.75, 3.05) is 24.3 Å². The third-order valence-corrected chi connectivity index (χ3v) is 7.41. The van der Waals surface area contributed by atoms with E-state index >= 15 is 0 Å². The predicted octanol–water partition coefficient (Wildman–Crippen LogP) is -1.30. The molecule has 12 nitrogen and oxygen atoms in total. The van der Waals surface area contributed by atoms with Crippen molar-refractivity contribution in [3.8, 4) is 0 Å². The minimum absolute atomic E-state index is 0.157. The van der Waals surface area contributed by atoms with E-state index in [9.17, 15) is 19.5 Å². The number of hydrogen-bond donors (Lipinski definition) is 3. The van der Waals surface area contributed by atoms with Crippen molar-refractivity contribution in [1.29, 1.82) is 0 Å². The van der Waals surface area contributed by atoms with Crippen LogP contribution in [0.5, 0.6) is 0 Å². The van der Waals surface area contributed by atoms with Crippen molar-refractivity contribution in [2.45, 2.75) is 18.0 Å². The quantitative estimate of drug-likeness (QED) is 0.172. The number of aliphatic carboxylic acids is 1. The number of carboxylic acids is 1. The second-order valence-electron chi connectivity index (χ2n) is 7.21. The van der Waals surface area contributed by atoms with Crippen LogP contribution in [-0.2, 0) is 25.8 Å². The molecule has 0 spiro atoms. The van der Waals surface area contributed by atoms with Crippen LogP contribution in [-0.4, -0.2) is 57.7 Å². The van der Waals surface area contributed by atoms with Crippen molar-refractivity contribution >= 4 is 69.0 Å². The number of thiazole rings is 1. The number of amides is 2. The summed E-state index contributed by atoms with van der Waals surface area (Å²) in [7, 11) is 1.26. The van der Waals surface area contributed by atoms with Gasteiger partial charge in [-0.25, -0.2) is 4.98 Å². The van der Waals surface area contributed by atoms with Gasteiger partial charge in [0.2, 0.25) is 0 Å². The number of carboxylic acid groups (broad SMARTS) is 1. The lowest BCUT2D eigenvalue weighted by atomic mass is 10.0. The first-order valence-electron chi connectivity index (χ1n) is 9.66. The van der Waals surface area contributed by atoms with Crippen LogP contribution >= 0.6 is 34.7 Å². The van der Waals surface area contributed by atoms with Gasteiger partial charge in [-0.3, -0.25) is 14.5 Å². The Morgan fingerprint density at radius 3 is 2.85 bits per heavy atom. The van der Waals surface area contributed by atoms with Crippen molar-refractivity contribution in [1.82, 2.24) is 15.2 Å². The molecule has 1 fully saturated rings. The fraction of sp³-hybridized carbons (Fsp3) is 0.263. The molecule has 0 aromatic carbocycles. The number of pyridine rings is 1. The molecule has 0 aliphatic carbocycles. The molecular formula is C19H18ClN7O5S2. The highest BCUT2D eigenvalue weighted by molar-refractivity contribution is 8.00. The molecule has 1 saturated heterocycles. The molecule has 0 bridgehead atoms. The van der Waals surface area contributed by atoms with Crippen molar-refractivity contribution in [3.63, 3.8) is 0 Å². The van der Waals surface area contributed by atoms with Crippen molar-refractivity contribution in [2.24, 2.45) is 5.16 Å². The van der Waals surface area contributed by atoms with Gasteiger partial charge in [-0.2, -0.15) is 4.57 Å². The SMILES string of the molecule is CON=C(C(=O)N[C@@H]1C(=O)N2C(C(=O)[O-])=C(C[n+]3ccc(Cl)c(N)c3)CS[C@@H]12)c1csc(N)n1. The maximum atomic E-state index is 12.9. The number of carbonyl (C=O) groups excluding carboxylic acids is 3. The summed E-state index contributed by atoms with van der Waals surface area (Å²) in [6.07, 6.45) is 3.22. The molecule has 2 amide bonds. The van der Waals surface area contributed by atoms with E-state index in [-0.39, 0.29) is 28.8 Å². The standard InChI is InChI=1S/C19H18ClN7O5S2/c1-32-25-12(11-7-34-19(22)23-11)15(28)24-13-16(29)27-14(18(30)31)8(6-33-17(13)27)4-26-3-2-9(20)10(21)5-26/h2-3,5,7,13,17H,4,6,21H2,1H3,(H3-,22,23,24,28,30,31)/t13-,17+/m1/s1. The molecular weight excluding hydrogens is 506 g/mol. The van der Waals surface area contributed by atoms with Crippen LogP contribution in [0.4, 0.5) is 10.8 Å². The largest absolute Gasteiger partial charge is 0.543 e. The number of halogens is 1. The van der Waals surface area contributed by atoms with E-state index in [2.05, 4.69) is 15.5 Å². The van der Waals surface area contributed by atoms with Gasteiger partial charge in [0.15, 0.2) is 29.8 Å². The highest BCUT2D eigenvalue weighted by Gasteiger charge is 2.53. The van der Waals surface area contributed by atoms with Crippen LogP contribution < -0.4 is 26.5 Å². The summed E-state index contributed by atoms with van der Waals surface area (Å²) in [5.74, 6) is -2.48. The summed E-state index contributed by atoms with van der Waals surface area (Å²) in [6, 6.07) is 0.620. The lowest BCUT2D eigenvalue weighted by Gasteiger charge is -2.50. The van der Waals surface area contributed by atoms with Gasteiger partial charge >= 0.3 is 0 Å². The first-order chi connectivity index (χ1) is 16.2. The Labute approximate surface area is 206 Å². The van der Waals surface area contributed by atoms with E-state index in [4.69, 9.17) is 27.9 Å². The molecule has 34 heavy (non-hydrogen) atoms.